The number of urea groups is 2. The molecule has 0 aliphatic carbocycles. The molecule has 9 nitrogen and oxygen atoms in total. The molecule has 1 fully saturated rings. The Morgan fingerprint density at radius 1 is 1.21 bits per heavy atom. The zero-order valence-electron chi connectivity index (χ0n) is 15.2. The fourth-order valence-electron chi connectivity index (χ4n) is 2.86. The Balaban J connectivity index is 1.63. The van der Waals surface area contributed by atoms with Crippen LogP contribution in [-0.2, 0) is 10.0 Å². The third-order valence-electron chi connectivity index (χ3n) is 4.33. The van der Waals surface area contributed by atoms with E-state index in [4.69, 9.17) is 5.14 Å². The summed E-state index contributed by atoms with van der Waals surface area (Å²) in [5.74, 6) is 0. The van der Waals surface area contributed by atoms with Crippen LogP contribution in [0.3, 0.4) is 0 Å². The van der Waals surface area contributed by atoms with Gasteiger partial charge in [-0.05, 0) is 42.8 Å². The first-order valence-corrected chi connectivity index (χ1v) is 10.1. The number of hydrogen-bond donors (Lipinski definition) is 4. The molecule has 1 atom stereocenters. The van der Waals surface area contributed by atoms with Crippen molar-refractivity contribution in [3.8, 4) is 0 Å². The Labute approximate surface area is 163 Å². The number of hydrogen-bond acceptors (Lipinski definition) is 4. The Kier molecular flexibility index (Phi) is 5.52. The van der Waals surface area contributed by atoms with E-state index in [0.29, 0.717) is 24.5 Å². The molecule has 4 amide bonds. The maximum absolute atomic E-state index is 12.3. The van der Waals surface area contributed by atoms with Crippen molar-refractivity contribution in [1.82, 2.24) is 10.6 Å². The molecule has 2 aromatic rings. The average molecular weight is 403 g/mol. The lowest BCUT2D eigenvalue weighted by atomic mass is 10.1. The van der Waals surface area contributed by atoms with Gasteiger partial charge in [-0.25, -0.2) is 23.1 Å². The predicted octanol–water partition coefficient (Wildman–Crippen LogP) is 1.75. The minimum atomic E-state index is -3.76. The van der Waals surface area contributed by atoms with Crippen molar-refractivity contribution < 1.29 is 18.0 Å². The summed E-state index contributed by atoms with van der Waals surface area (Å²) in [6, 6.07) is 12.0. The van der Waals surface area contributed by atoms with Crippen LogP contribution in [0.25, 0.3) is 0 Å². The number of nitrogens with two attached hydrogens (primary N) is 1. The lowest BCUT2D eigenvalue weighted by Crippen LogP contribution is -2.31. The highest BCUT2D eigenvalue weighted by Gasteiger charge is 2.21. The molecule has 1 unspecified atom stereocenters. The number of carbonyl (C=O) groups excluding carboxylic acids is 2. The Morgan fingerprint density at radius 3 is 2.54 bits per heavy atom. The van der Waals surface area contributed by atoms with Crippen LogP contribution in [0.5, 0.6) is 0 Å². The van der Waals surface area contributed by atoms with Crippen molar-refractivity contribution in [2.75, 3.05) is 23.3 Å². The summed E-state index contributed by atoms with van der Waals surface area (Å²) < 4.78 is 22.6. The molecular formula is C18H21N5O4S. The molecule has 1 heterocycles. The van der Waals surface area contributed by atoms with Crippen molar-refractivity contribution >= 4 is 33.5 Å². The number of primary sulfonamides is 1. The predicted molar refractivity (Wildman–Crippen MR) is 106 cm³/mol. The summed E-state index contributed by atoms with van der Waals surface area (Å²) in [5.41, 5.74) is 1.97. The molecule has 0 saturated carbocycles. The highest BCUT2D eigenvalue weighted by Crippen LogP contribution is 2.21. The molecule has 0 radical (unpaired) electrons. The molecule has 1 aliphatic heterocycles. The minimum Gasteiger partial charge on any atom is -0.336 e. The monoisotopic (exact) mass is 403 g/mol. The number of nitrogens with zero attached hydrogens (tertiary/aromatic N) is 1. The van der Waals surface area contributed by atoms with Crippen LogP contribution in [-0.4, -0.2) is 33.6 Å². The third-order valence-corrected chi connectivity index (χ3v) is 5.26. The molecule has 28 heavy (non-hydrogen) atoms. The quantitative estimate of drug-likeness (QED) is 0.605. The molecule has 1 saturated heterocycles. The smallest absolute Gasteiger partial charge is 0.321 e. The van der Waals surface area contributed by atoms with Crippen LogP contribution in [0.1, 0.15) is 18.5 Å². The van der Waals surface area contributed by atoms with E-state index in [0.717, 1.165) is 5.56 Å². The summed E-state index contributed by atoms with van der Waals surface area (Å²) in [6.45, 7) is 2.93. The molecule has 0 aromatic heterocycles. The maximum Gasteiger partial charge on any atom is 0.321 e. The second-order valence-corrected chi connectivity index (χ2v) is 7.93. The normalized spacial score (nSPS) is 15.1. The number of amides is 4. The van der Waals surface area contributed by atoms with E-state index in [1.54, 1.807) is 48.2 Å². The lowest BCUT2D eigenvalue weighted by Gasteiger charge is -2.17. The molecule has 0 spiro atoms. The first kappa shape index (κ1) is 19.6. The Hall–Kier alpha value is -3.11. The molecule has 5 N–H and O–H groups in total. The topological polar surface area (TPSA) is 134 Å². The molecule has 148 valence electrons. The van der Waals surface area contributed by atoms with E-state index in [1.807, 2.05) is 0 Å². The van der Waals surface area contributed by atoms with E-state index >= 15 is 0 Å². The van der Waals surface area contributed by atoms with Gasteiger partial charge in [0.25, 0.3) is 0 Å². The van der Waals surface area contributed by atoms with E-state index in [-0.39, 0.29) is 17.0 Å². The summed E-state index contributed by atoms with van der Waals surface area (Å²) in [4.78, 5) is 25.7. The minimum absolute atomic E-state index is 0.00988. The standard InChI is InChI=1S/C18H21N5O4S/c1-12(13-5-7-16(8-6-13)28(19,26)27)21-17(24)22-14-3-2-4-15(11-14)23-10-9-20-18(23)25/h2-8,11-12H,9-10H2,1H3,(H,20,25)(H2,19,26,27)(H2,21,22,24). The number of sulfonamides is 1. The summed E-state index contributed by atoms with van der Waals surface area (Å²) in [5, 5.41) is 13.3. The highest BCUT2D eigenvalue weighted by molar-refractivity contribution is 7.89. The van der Waals surface area contributed by atoms with Gasteiger partial charge in [0.1, 0.15) is 0 Å². The van der Waals surface area contributed by atoms with Gasteiger partial charge in [-0.1, -0.05) is 18.2 Å². The van der Waals surface area contributed by atoms with Gasteiger partial charge < -0.3 is 16.0 Å². The second kappa shape index (κ2) is 7.87. The second-order valence-electron chi connectivity index (χ2n) is 6.37. The first-order valence-electron chi connectivity index (χ1n) is 8.60. The number of benzene rings is 2. The van der Waals surface area contributed by atoms with E-state index < -0.39 is 16.1 Å². The zero-order chi connectivity index (χ0) is 20.3. The first-order chi connectivity index (χ1) is 13.2. The maximum atomic E-state index is 12.3. The van der Waals surface area contributed by atoms with Gasteiger partial charge in [0.2, 0.25) is 10.0 Å². The third kappa shape index (κ3) is 4.59. The molecular weight excluding hydrogens is 382 g/mol. The summed E-state index contributed by atoms with van der Waals surface area (Å²) in [7, 11) is -3.76. The summed E-state index contributed by atoms with van der Waals surface area (Å²) >= 11 is 0. The zero-order valence-corrected chi connectivity index (χ0v) is 16.0. The van der Waals surface area contributed by atoms with Crippen LogP contribution in [0, 0.1) is 0 Å². The van der Waals surface area contributed by atoms with Crippen LogP contribution in [0.15, 0.2) is 53.4 Å². The Bertz CT molecular complexity index is 991. The van der Waals surface area contributed by atoms with Crippen molar-refractivity contribution in [3.63, 3.8) is 0 Å². The highest BCUT2D eigenvalue weighted by atomic mass is 32.2. The Morgan fingerprint density at radius 2 is 1.93 bits per heavy atom. The fraction of sp³-hybridized carbons (Fsp3) is 0.222. The van der Waals surface area contributed by atoms with Crippen molar-refractivity contribution in [3.05, 3.63) is 54.1 Å². The molecule has 3 rings (SSSR count). The van der Waals surface area contributed by atoms with Crippen molar-refractivity contribution in [2.45, 2.75) is 17.9 Å². The van der Waals surface area contributed by atoms with Crippen LogP contribution in [0.4, 0.5) is 21.0 Å². The lowest BCUT2D eigenvalue weighted by molar-refractivity contribution is 0.249. The van der Waals surface area contributed by atoms with Gasteiger partial charge >= 0.3 is 12.1 Å². The molecule has 2 aromatic carbocycles. The molecule has 0 bridgehead atoms. The average Bonchev–Trinajstić information content (AvgIpc) is 3.07. The largest absolute Gasteiger partial charge is 0.336 e. The SMILES string of the molecule is CC(NC(=O)Nc1cccc(N2CCNC2=O)c1)c1ccc(S(N)(=O)=O)cc1. The van der Waals surface area contributed by atoms with Crippen LogP contribution < -0.4 is 26.0 Å². The van der Waals surface area contributed by atoms with Gasteiger partial charge in [-0.3, -0.25) is 4.90 Å². The van der Waals surface area contributed by atoms with Gasteiger partial charge in [0.15, 0.2) is 0 Å². The van der Waals surface area contributed by atoms with Gasteiger partial charge in [-0.15, -0.1) is 0 Å². The van der Waals surface area contributed by atoms with E-state index in [9.17, 15) is 18.0 Å². The van der Waals surface area contributed by atoms with Crippen molar-refractivity contribution in [1.29, 1.82) is 0 Å². The van der Waals surface area contributed by atoms with E-state index in [1.165, 1.54) is 12.1 Å². The number of rotatable bonds is 5. The molecule has 1 aliphatic rings. The summed E-state index contributed by atoms with van der Waals surface area (Å²) in [6.07, 6.45) is 0. The van der Waals surface area contributed by atoms with Crippen LogP contribution >= 0.6 is 0 Å². The van der Waals surface area contributed by atoms with Gasteiger partial charge in [0.05, 0.1) is 10.9 Å². The van der Waals surface area contributed by atoms with Gasteiger partial charge in [0, 0.05) is 24.5 Å². The number of nitrogens with one attached hydrogen (secondary N) is 3. The van der Waals surface area contributed by atoms with Crippen molar-refractivity contribution in [2.24, 2.45) is 5.14 Å². The number of anilines is 2. The van der Waals surface area contributed by atoms with Crippen LogP contribution in [0.2, 0.25) is 0 Å². The van der Waals surface area contributed by atoms with E-state index in [2.05, 4.69) is 16.0 Å². The number of carbonyl (C=O) groups is 2. The van der Waals surface area contributed by atoms with Gasteiger partial charge in [-0.2, -0.15) is 0 Å². The fourth-order valence-corrected chi connectivity index (χ4v) is 3.38. The molecule has 10 heteroatoms.